The SMILES string of the molecule is Cc1c(N)cc(C(=O)OC2CC(C)CC(C)C2)cc1F. The number of hydrogen-bond acceptors (Lipinski definition) is 3. The van der Waals surface area contributed by atoms with Gasteiger partial charge in [-0.1, -0.05) is 13.8 Å². The standard InChI is InChI=1S/C16H22FNO2/c1-9-4-10(2)6-13(5-9)20-16(19)12-7-14(17)11(3)15(18)8-12/h7-10,13H,4-6,18H2,1-3H3. The Hall–Kier alpha value is -1.58. The zero-order valence-corrected chi connectivity index (χ0v) is 12.3. The van der Waals surface area contributed by atoms with Crippen LogP contribution in [-0.4, -0.2) is 12.1 Å². The van der Waals surface area contributed by atoms with E-state index in [-0.39, 0.29) is 17.4 Å². The topological polar surface area (TPSA) is 52.3 Å². The summed E-state index contributed by atoms with van der Waals surface area (Å²) in [6.45, 7) is 5.92. The Bertz CT molecular complexity index is 482. The molecule has 0 saturated heterocycles. The number of nitrogen functional groups attached to an aromatic ring is 1. The largest absolute Gasteiger partial charge is 0.459 e. The highest BCUT2D eigenvalue weighted by Crippen LogP contribution is 2.31. The van der Waals surface area contributed by atoms with Gasteiger partial charge >= 0.3 is 5.97 Å². The zero-order chi connectivity index (χ0) is 14.9. The normalized spacial score (nSPS) is 26.3. The molecule has 0 aromatic heterocycles. The van der Waals surface area contributed by atoms with Crippen LogP contribution in [0.2, 0.25) is 0 Å². The van der Waals surface area contributed by atoms with E-state index in [1.165, 1.54) is 18.6 Å². The van der Waals surface area contributed by atoms with Crippen LogP contribution in [0.3, 0.4) is 0 Å². The fourth-order valence-electron chi connectivity index (χ4n) is 3.01. The van der Waals surface area contributed by atoms with Crippen molar-refractivity contribution in [1.29, 1.82) is 0 Å². The molecule has 0 amide bonds. The van der Waals surface area contributed by atoms with Crippen LogP contribution in [0, 0.1) is 24.6 Å². The van der Waals surface area contributed by atoms with Gasteiger partial charge in [-0.25, -0.2) is 9.18 Å². The van der Waals surface area contributed by atoms with Gasteiger partial charge < -0.3 is 10.5 Å². The number of anilines is 1. The summed E-state index contributed by atoms with van der Waals surface area (Å²) < 4.78 is 19.1. The van der Waals surface area contributed by atoms with Crippen molar-refractivity contribution in [3.05, 3.63) is 29.1 Å². The molecule has 0 spiro atoms. The number of ether oxygens (including phenoxy) is 1. The molecule has 1 saturated carbocycles. The van der Waals surface area contributed by atoms with Crippen molar-refractivity contribution in [1.82, 2.24) is 0 Å². The first-order valence-corrected chi connectivity index (χ1v) is 7.13. The molecule has 1 fully saturated rings. The molecule has 2 N–H and O–H groups in total. The van der Waals surface area contributed by atoms with Crippen LogP contribution in [0.4, 0.5) is 10.1 Å². The van der Waals surface area contributed by atoms with Gasteiger partial charge in [-0.15, -0.1) is 0 Å². The summed E-state index contributed by atoms with van der Waals surface area (Å²) in [6, 6.07) is 2.68. The van der Waals surface area contributed by atoms with Gasteiger partial charge in [-0.3, -0.25) is 0 Å². The van der Waals surface area contributed by atoms with Gasteiger partial charge in [0.2, 0.25) is 0 Å². The Morgan fingerprint density at radius 3 is 2.40 bits per heavy atom. The van der Waals surface area contributed by atoms with Crippen LogP contribution < -0.4 is 5.73 Å². The maximum absolute atomic E-state index is 13.6. The summed E-state index contributed by atoms with van der Waals surface area (Å²) in [5.41, 5.74) is 6.52. The van der Waals surface area contributed by atoms with E-state index in [9.17, 15) is 9.18 Å². The van der Waals surface area contributed by atoms with E-state index in [1.54, 1.807) is 6.92 Å². The molecular formula is C16H22FNO2. The Morgan fingerprint density at radius 2 is 1.85 bits per heavy atom. The lowest BCUT2D eigenvalue weighted by molar-refractivity contribution is 0.00801. The lowest BCUT2D eigenvalue weighted by Crippen LogP contribution is -2.28. The average Bonchev–Trinajstić information content (AvgIpc) is 2.33. The number of benzene rings is 1. The molecule has 1 aliphatic rings. The molecule has 2 unspecified atom stereocenters. The van der Waals surface area contributed by atoms with Crippen LogP contribution in [0.5, 0.6) is 0 Å². The van der Waals surface area contributed by atoms with E-state index in [0.717, 1.165) is 12.8 Å². The third kappa shape index (κ3) is 3.30. The molecule has 3 nitrogen and oxygen atoms in total. The number of esters is 1. The minimum Gasteiger partial charge on any atom is -0.459 e. The first kappa shape index (κ1) is 14.8. The highest BCUT2D eigenvalue weighted by Gasteiger charge is 2.27. The lowest BCUT2D eigenvalue weighted by Gasteiger charge is -2.31. The molecule has 110 valence electrons. The molecule has 1 aliphatic carbocycles. The summed E-state index contributed by atoms with van der Waals surface area (Å²) >= 11 is 0. The van der Waals surface area contributed by atoms with Gasteiger partial charge in [0, 0.05) is 11.3 Å². The number of nitrogens with two attached hydrogens (primary N) is 1. The van der Waals surface area contributed by atoms with E-state index in [2.05, 4.69) is 13.8 Å². The van der Waals surface area contributed by atoms with Crippen LogP contribution >= 0.6 is 0 Å². The lowest BCUT2D eigenvalue weighted by atomic mass is 9.82. The van der Waals surface area contributed by atoms with E-state index in [0.29, 0.717) is 17.4 Å². The molecule has 0 heterocycles. The Kier molecular flexibility index (Phi) is 4.31. The highest BCUT2D eigenvalue weighted by molar-refractivity contribution is 5.90. The second kappa shape index (κ2) is 5.81. The Balaban J connectivity index is 2.08. The number of hydrogen-bond donors (Lipinski definition) is 1. The fraction of sp³-hybridized carbons (Fsp3) is 0.562. The van der Waals surface area contributed by atoms with Crippen LogP contribution in [0.15, 0.2) is 12.1 Å². The number of carbonyl (C=O) groups excluding carboxylic acids is 1. The predicted octanol–water partition coefficient (Wildman–Crippen LogP) is 3.70. The summed E-state index contributed by atoms with van der Waals surface area (Å²) in [7, 11) is 0. The van der Waals surface area contributed by atoms with Crippen molar-refractivity contribution in [2.24, 2.45) is 11.8 Å². The number of carbonyl (C=O) groups is 1. The van der Waals surface area contributed by atoms with Crippen LogP contribution in [0.25, 0.3) is 0 Å². The number of halogens is 1. The first-order valence-electron chi connectivity index (χ1n) is 7.13. The van der Waals surface area contributed by atoms with Crippen LogP contribution in [-0.2, 0) is 4.74 Å². The van der Waals surface area contributed by atoms with Gasteiger partial charge in [0.15, 0.2) is 0 Å². The van der Waals surface area contributed by atoms with E-state index in [1.807, 2.05) is 0 Å². The Morgan fingerprint density at radius 1 is 1.25 bits per heavy atom. The molecule has 20 heavy (non-hydrogen) atoms. The van der Waals surface area contributed by atoms with E-state index < -0.39 is 11.8 Å². The maximum atomic E-state index is 13.6. The molecule has 0 radical (unpaired) electrons. The molecule has 0 bridgehead atoms. The molecule has 2 rings (SSSR count). The maximum Gasteiger partial charge on any atom is 0.338 e. The molecular weight excluding hydrogens is 257 g/mol. The predicted molar refractivity (Wildman–Crippen MR) is 76.9 cm³/mol. The van der Waals surface area contributed by atoms with Gasteiger partial charge in [0.05, 0.1) is 5.56 Å². The van der Waals surface area contributed by atoms with Crippen molar-refractivity contribution in [2.45, 2.75) is 46.1 Å². The highest BCUT2D eigenvalue weighted by atomic mass is 19.1. The second-order valence-corrected chi connectivity index (χ2v) is 6.12. The first-order chi connectivity index (χ1) is 9.36. The summed E-state index contributed by atoms with van der Waals surface area (Å²) in [6.07, 6.45) is 2.84. The van der Waals surface area contributed by atoms with Crippen molar-refractivity contribution in [3.8, 4) is 0 Å². The number of rotatable bonds is 2. The monoisotopic (exact) mass is 279 g/mol. The van der Waals surface area contributed by atoms with Crippen molar-refractivity contribution >= 4 is 11.7 Å². The van der Waals surface area contributed by atoms with Gasteiger partial charge in [-0.2, -0.15) is 0 Å². The van der Waals surface area contributed by atoms with Crippen molar-refractivity contribution in [3.63, 3.8) is 0 Å². The average molecular weight is 279 g/mol. The fourth-order valence-corrected chi connectivity index (χ4v) is 3.01. The smallest absolute Gasteiger partial charge is 0.338 e. The van der Waals surface area contributed by atoms with Crippen molar-refractivity contribution in [2.75, 3.05) is 5.73 Å². The minimum atomic E-state index is -0.484. The molecule has 1 aromatic rings. The van der Waals surface area contributed by atoms with Crippen LogP contribution in [0.1, 0.15) is 49.0 Å². The Labute approximate surface area is 119 Å². The summed E-state index contributed by atoms with van der Waals surface area (Å²) in [5.74, 6) is 0.150. The molecule has 2 atom stereocenters. The van der Waals surface area contributed by atoms with Gasteiger partial charge in [-0.05, 0) is 50.2 Å². The molecule has 0 aliphatic heterocycles. The minimum absolute atomic E-state index is 0.0770. The molecule has 1 aromatic carbocycles. The third-order valence-corrected chi connectivity index (χ3v) is 4.03. The quantitative estimate of drug-likeness (QED) is 0.663. The van der Waals surface area contributed by atoms with E-state index >= 15 is 0 Å². The van der Waals surface area contributed by atoms with Gasteiger partial charge in [0.25, 0.3) is 0 Å². The second-order valence-electron chi connectivity index (χ2n) is 6.12. The summed E-state index contributed by atoms with van der Waals surface area (Å²) in [4.78, 5) is 12.1. The van der Waals surface area contributed by atoms with E-state index in [4.69, 9.17) is 10.5 Å². The van der Waals surface area contributed by atoms with Crippen molar-refractivity contribution < 1.29 is 13.9 Å². The zero-order valence-electron chi connectivity index (χ0n) is 12.3. The molecule has 4 heteroatoms. The van der Waals surface area contributed by atoms with Gasteiger partial charge in [0.1, 0.15) is 11.9 Å². The summed E-state index contributed by atoms with van der Waals surface area (Å²) in [5, 5.41) is 0. The third-order valence-electron chi connectivity index (χ3n) is 4.03.